The summed E-state index contributed by atoms with van der Waals surface area (Å²) in [5, 5.41) is 3.13. The monoisotopic (exact) mass is 352 g/mol. The number of anilines is 1. The highest BCUT2D eigenvalue weighted by Gasteiger charge is 2.50. The van der Waals surface area contributed by atoms with Gasteiger partial charge in [-0.1, -0.05) is 31.2 Å². The van der Waals surface area contributed by atoms with E-state index in [0.29, 0.717) is 13.0 Å². The fraction of sp³-hybridized carbons (Fsp3) is 0.381. The van der Waals surface area contributed by atoms with Gasteiger partial charge in [-0.05, 0) is 44.0 Å². The standard InChI is InChI=1S/C21H24N2O3/c1-4-14-9-11-15(12-10-14)23-20(24)22-17-13-21(23,3)26-19-16(17)7-6-8-18(19)25-5-2/h6-12,17H,4-5,13H2,1-3H3,(H,22,24)/t17-,21+/m0/s1. The second kappa shape index (κ2) is 6.24. The molecule has 136 valence electrons. The molecular formula is C21H24N2O3. The molecule has 0 aliphatic carbocycles. The topological polar surface area (TPSA) is 50.8 Å². The minimum Gasteiger partial charge on any atom is -0.490 e. The number of carbonyl (C=O) groups is 1. The van der Waals surface area contributed by atoms with Gasteiger partial charge in [0.2, 0.25) is 0 Å². The van der Waals surface area contributed by atoms with Crippen molar-refractivity contribution in [2.45, 2.75) is 45.4 Å². The smallest absolute Gasteiger partial charge is 0.325 e. The zero-order valence-electron chi connectivity index (χ0n) is 15.4. The SMILES string of the molecule is CCOc1cccc2c1O[C@]1(C)C[C@@H]2NC(=O)N1c1ccc(CC)cc1. The number of carbonyl (C=O) groups excluding carboxylic acids is 1. The minimum absolute atomic E-state index is 0.0807. The number of urea groups is 1. The third kappa shape index (κ3) is 2.59. The van der Waals surface area contributed by atoms with E-state index in [4.69, 9.17) is 9.47 Å². The van der Waals surface area contributed by atoms with Crippen LogP contribution in [0.5, 0.6) is 11.5 Å². The Morgan fingerprint density at radius 2 is 2.00 bits per heavy atom. The molecule has 2 atom stereocenters. The van der Waals surface area contributed by atoms with Gasteiger partial charge in [0.15, 0.2) is 17.2 Å². The molecule has 0 unspecified atom stereocenters. The summed E-state index contributed by atoms with van der Waals surface area (Å²) in [5.41, 5.74) is 2.28. The second-order valence-corrected chi connectivity index (χ2v) is 6.95. The molecule has 1 N–H and O–H groups in total. The van der Waals surface area contributed by atoms with Crippen molar-refractivity contribution in [3.8, 4) is 11.5 Å². The van der Waals surface area contributed by atoms with Crippen molar-refractivity contribution in [2.24, 2.45) is 0 Å². The fourth-order valence-corrected chi connectivity index (χ4v) is 3.90. The summed E-state index contributed by atoms with van der Waals surface area (Å²) < 4.78 is 12.2. The average Bonchev–Trinajstić information content (AvgIpc) is 2.62. The molecule has 1 saturated heterocycles. The molecule has 2 aliphatic rings. The van der Waals surface area contributed by atoms with Crippen molar-refractivity contribution >= 4 is 11.7 Å². The molecule has 0 radical (unpaired) electrons. The van der Waals surface area contributed by atoms with Gasteiger partial charge in [-0.2, -0.15) is 0 Å². The molecule has 0 saturated carbocycles. The number of hydrogen-bond acceptors (Lipinski definition) is 3. The van der Waals surface area contributed by atoms with Gasteiger partial charge in [-0.3, -0.25) is 4.90 Å². The van der Waals surface area contributed by atoms with E-state index in [1.54, 1.807) is 4.90 Å². The number of hydrogen-bond donors (Lipinski definition) is 1. The molecule has 4 rings (SSSR count). The predicted octanol–water partition coefficient (Wildman–Crippen LogP) is 4.42. The lowest BCUT2D eigenvalue weighted by Crippen LogP contribution is -2.65. The van der Waals surface area contributed by atoms with Gasteiger partial charge in [0.1, 0.15) is 0 Å². The molecule has 2 aromatic rings. The first kappa shape index (κ1) is 16.8. The number of aryl methyl sites for hydroxylation is 1. The van der Waals surface area contributed by atoms with Crippen LogP contribution < -0.4 is 19.7 Å². The van der Waals surface area contributed by atoms with Crippen molar-refractivity contribution in [2.75, 3.05) is 11.5 Å². The van der Waals surface area contributed by atoms with Crippen LogP contribution in [0.1, 0.15) is 44.4 Å². The Balaban J connectivity index is 1.76. The van der Waals surface area contributed by atoms with Gasteiger partial charge < -0.3 is 14.8 Å². The van der Waals surface area contributed by atoms with Crippen molar-refractivity contribution in [3.63, 3.8) is 0 Å². The zero-order chi connectivity index (χ0) is 18.3. The van der Waals surface area contributed by atoms with Crippen molar-refractivity contribution in [3.05, 3.63) is 53.6 Å². The van der Waals surface area contributed by atoms with Gasteiger partial charge in [0.25, 0.3) is 0 Å². The van der Waals surface area contributed by atoms with Gasteiger partial charge in [-0.15, -0.1) is 0 Å². The highest BCUT2D eigenvalue weighted by atomic mass is 16.5. The van der Waals surface area contributed by atoms with Crippen LogP contribution in [0.4, 0.5) is 10.5 Å². The largest absolute Gasteiger partial charge is 0.490 e. The van der Waals surface area contributed by atoms with E-state index < -0.39 is 5.72 Å². The third-order valence-corrected chi connectivity index (χ3v) is 5.17. The van der Waals surface area contributed by atoms with Crippen LogP contribution >= 0.6 is 0 Å². The quantitative estimate of drug-likeness (QED) is 0.886. The molecule has 0 aromatic heterocycles. The normalized spacial score (nSPS) is 23.7. The van der Waals surface area contributed by atoms with E-state index in [9.17, 15) is 4.79 Å². The summed E-state index contributed by atoms with van der Waals surface area (Å²) in [4.78, 5) is 14.6. The molecule has 5 heteroatoms. The van der Waals surface area contributed by atoms with E-state index in [-0.39, 0.29) is 12.1 Å². The Kier molecular flexibility index (Phi) is 4.02. The van der Waals surface area contributed by atoms with E-state index in [0.717, 1.165) is 29.2 Å². The molecule has 26 heavy (non-hydrogen) atoms. The van der Waals surface area contributed by atoms with Crippen LogP contribution in [0.3, 0.4) is 0 Å². The Labute approximate surface area is 153 Å². The van der Waals surface area contributed by atoms with Crippen LogP contribution in [0.25, 0.3) is 0 Å². The van der Waals surface area contributed by atoms with E-state index in [1.165, 1.54) is 5.56 Å². The molecule has 2 aromatic carbocycles. The maximum absolute atomic E-state index is 12.9. The Morgan fingerprint density at radius 1 is 1.23 bits per heavy atom. The third-order valence-electron chi connectivity index (χ3n) is 5.17. The first-order chi connectivity index (χ1) is 12.6. The highest BCUT2D eigenvalue weighted by molar-refractivity contribution is 5.95. The van der Waals surface area contributed by atoms with E-state index in [2.05, 4.69) is 24.4 Å². The number of nitrogens with zero attached hydrogens (tertiary/aromatic N) is 1. The molecule has 1 fully saturated rings. The lowest BCUT2D eigenvalue weighted by atomic mass is 9.90. The molecule has 0 spiro atoms. The summed E-state index contributed by atoms with van der Waals surface area (Å²) in [6.45, 7) is 6.60. The van der Waals surface area contributed by atoms with Crippen LogP contribution in [0, 0.1) is 0 Å². The number of amides is 2. The summed E-state index contributed by atoms with van der Waals surface area (Å²) >= 11 is 0. The van der Waals surface area contributed by atoms with Crippen LogP contribution in [-0.4, -0.2) is 18.4 Å². The molecule has 5 nitrogen and oxygen atoms in total. The maximum atomic E-state index is 12.9. The first-order valence-electron chi connectivity index (χ1n) is 9.20. The van der Waals surface area contributed by atoms with E-state index >= 15 is 0 Å². The van der Waals surface area contributed by atoms with Gasteiger partial charge in [-0.25, -0.2) is 4.79 Å². The zero-order valence-corrected chi connectivity index (χ0v) is 15.4. The Morgan fingerprint density at radius 3 is 2.69 bits per heavy atom. The van der Waals surface area contributed by atoms with Crippen LogP contribution in [-0.2, 0) is 6.42 Å². The summed E-state index contributed by atoms with van der Waals surface area (Å²) in [6.07, 6.45) is 1.64. The van der Waals surface area contributed by atoms with Gasteiger partial charge in [0.05, 0.1) is 12.6 Å². The molecular weight excluding hydrogens is 328 g/mol. The number of para-hydroxylation sites is 1. The van der Waals surface area contributed by atoms with E-state index in [1.807, 2.05) is 44.2 Å². The van der Waals surface area contributed by atoms with Gasteiger partial charge >= 0.3 is 6.03 Å². The van der Waals surface area contributed by atoms with Crippen molar-refractivity contribution < 1.29 is 14.3 Å². The Hall–Kier alpha value is -2.69. The number of ether oxygens (including phenoxy) is 2. The summed E-state index contributed by atoms with van der Waals surface area (Å²) in [6, 6.07) is 13.7. The second-order valence-electron chi connectivity index (χ2n) is 6.95. The number of rotatable bonds is 4. The summed E-state index contributed by atoms with van der Waals surface area (Å²) in [7, 11) is 0. The van der Waals surface area contributed by atoms with Crippen LogP contribution in [0.15, 0.2) is 42.5 Å². The fourth-order valence-electron chi connectivity index (χ4n) is 3.90. The highest BCUT2D eigenvalue weighted by Crippen LogP contribution is 2.49. The van der Waals surface area contributed by atoms with Gasteiger partial charge in [0, 0.05) is 17.7 Å². The molecule has 2 heterocycles. The van der Waals surface area contributed by atoms with Crippen molar-refractivity contribution in [1.29, 1.82) is 0 Å². The minimum atomic E-state index is -0.763. The average molecular weight is 352 g/mol. The number of nitrogens with one attached hydrogen (secondary N) is 1. The molecule has 2 amide bonds. The number of fused-ring (bicyclic) bond motifs is 4. The maximum Gasteiger partial charge on any atom is 0.325 e. The number of benzene rings is 2. The lowest BCUT2D eigenvalue weighted by Gasteiger charge is -2.50. The predicted molar refractivity (Wildman–Crippen MR) is 101 cm³/mol. The Bertz CT molecular complexity index is 834. The lowest BCUT2D eigenvalue weighted by molar-refractivity contribution is 0.0343. The van der Waals surface area contributed by atoms with Crippen LogP contribution in [0.2, 0.25) is 0 Å². The summed E-state index contributed by atoms with van der Waals surface area (Å²) in [5.74, 6) is 1.45. The van der Waals surface area contributed by atoms with Crippen molar-refractivity contribution in [1.82, 2.24) is 5.32 Å². The first-order valence-corrected chi connectivity index (χ1v) is 9.20. The molecule has 2 bridgehead atoms. The molecule has 2 aliphatic heterocycles.